The molecule has 0 radical (unpaired) electrons. The third kappa shape index (κ3) is 5.05. The lowest BCUT2D eigenvalue weighted by Crippen LogP contribution is -2.52. The number of hydrogen-bond donors (Lipinski definition) is 1. The van der Waals surface area contributed by atoms with Crippen LogP contribution in [0.5, 0.6) is 5.75 Å². The Hall–Kier alpha value is -1.88. The molecule has 0 spiro atoms. The van der Waals surface area contributed by atoms with E-state index in [1.165, 1.54) is 11.1 Å². The van der Waals surface area contributed by atoms with E-state index in [0.29, 0.717) is 6.04 Å². The Morgan fingerprint density at radius 2 is 1.68 bits per heavy atom. The molecule has 0 aromatic heterocycles. The van der Waals surface area contributed by atoms with Gasteiger partial charge in [-0.2, -0.15) is 0 Å². The number of ether oxygens (including phenoxy) is 1. The first-order chi connectivity index (χ1) is 12.3. The zero-order chi connectivity index (χ0) is 17.5. The van der Waals surface area contributed by atoms with Gasteiger partial charge in [0.1, 0.15) is 5.75 Å². The second kappa shape index (κ2) is 8.99. The summed E-state index contributed by atoms with van der Waals surface area (Å²) in [4.78, 5) is 5.00. The van der Waals surface area contributed by atoms with Gasteiger partial charge in [0.05, 0.1) is 7.11 Å². The average Bonchev–Trinajstić information content (AvgIpc) is 2.65. The highest BCUT2D eigenvalue weighted by Crippen LogP contribution is 2.19. The Balaban J connectivity index is 1.60. The maximum atomic E-state index is 9.48. The van der Waals surface area contributed by atoms with Crippen LogP contribution in [-0.2, 0) is 13.1 Å². The van der Waals surface area contributed by atoms with Crippen LogP contribution in [-0.4, -0.2) is 54.3 Å². The lowest BCUT2D eigenvalue weighted by Gasteiger charge is -2.41. The Bertz CT molecular complexity index is 630. The minimum absolute atomic E-state index is 0.242. The van der Waals surface area contributed by atoms with E-state index in [9.17, 15) is 5.11 Å². The highest BCUT2D eigenvalue weighted by molar-refractivity contribution is 5.27. The van der Waals surface area contributed by atoms with E-state index in [1.54, 1.807) is 7.11 Å². The third-order valence-electron chi connectivity index (χ3n) is 4.94. The second-order valence-corrected chi connectivity index (χ2v) is 6.71. The number of benzene rings is 2. The highest BCUT2D eigenvalue weighted by atomic mass is 16.5. The molecular formula is C21H28N2O2. The van der Waals surface area contributed by atoms with Gasteiger partial charge in [-0.15, -0.1) is 0 Å². The number of hydrogen-bond acceptors (Lipinski definition) is 4. The largest absolute Gasteiger partial charge is 0.497 e. The van der Waals surface area contributed by atoms with E-state index in [4.69, 9.17) is 4.74 Å². The summed E-state index contributed by atoms with van der Waals surface area (Å²) in [7, 11) is 1.69. The second-order valence-electron chi connectivity index (χ2n) is 6.71. The summed E-state index contributed by atoms with van der Waals surface area (Å²) in [5, 5.41) is 9.48. The van der Waals surface area contributed by atoms with Crippen LogP contribution in [0.25, 0.3) is 0 Å². The molecule has 1 fully saturated rings. The molecule has 0 saturated carbocycles. The standard InChI is InChI=1S/C21H28N2O2/c1-25-21-9-7-19(8-10-21)15-22-12-13-23(20(17-22)11-14-24)16-18-5-3-2-4-6-18/h2-10,20,24H,11-17H2,1H3/t20-/m1/s1. The van der Waals surface area contributed by atoms with Gasteiger partial charge in [0.15, 0.2) is 0 Å². The van der Waals surface area contributed by atoms with Gasteiger partial charge in [-0.3, -0.25) is 9.80 Å². The normalized spacial score (nSPS) is 19.0. The molecule has 3 rings (SSSR count). The van der Waals surface area contributed by atoms with Crippen LogP contribution in [0.1, 0.15) is 17.5 Å². The van der Waals surface area contributed by atoms with E-state index >= 15 is 0 Å². The molecule has 1 atom stereocenters. The van der Waals surface area contributed by atoms with E-state index in [-0.39, 0.29) is 6.61 Å². The Labute approximate surface area is 150 Å². The molecule has 1 heterocycles. The predicted molar refractivity (Wildman–Crippen MR) is 101 cm³/mol. The first-order valence-corrected chi connectivity index (χ1v) is 9.02. The number of nitrogens with zero attached hydrogens (tertiary/aromatic N) is 2. The van der Waals surface area contributed by atoms with Crippen molar-refractivity contribution in [1.29, 1.82) is 0 Å². The Kier molecular flexibility index (Phi) is 6.45. The zero-order valence-electron chi connectivity index (χ0n) is 15.0. The van der Waals surface area contributed by atoms with E-state index in [1.807, 2.05) is 12.1 Å². The van der Waals surface area contributed by atoms with Crippen LogP contribution >= 0.6 is 0 Å². The van der Waals surface area contributed by atoms with Crippen LogP contribution in [0.3, 0.4) is 0 Å². The first kappa shape index (κ1) is 17.9. The molecule has 1 saturated heterocycles. The molecule has 0 bridgehead atoms. The smallest absolute Gasteiger partial charge is 0.118 e. The Morgan fingerprint density at radius 1 is 0.960 bits per heavy atom. The van der Waals surface area contributed by atoms with Crippen molar-refractivity contribution in [2.45, 2.75) is 25.6 Å². The monoisotopic (exact) mass is 340 g/mol. The van der Waals surface area contributed by atoms with Crippen molar-refractivity contribution in [1.82, 2.24) is 9.80 Å². The fraction of sp³-hybridized carbons (Fsp3) is 0.429. The summed E-state index contributed by atoms with van der Waals surface area (Å²) < 4.78 is 5.23. The van der Waals surface area contributed by atoms with Gasteiger partial charge in [-0.05, 0) is 29.7 Å². The minimum Gasteiger partial charge on any atom is -0.497 e. The number of rotatable bonds is 7. The molecule has 2 aromatic carbocycles. The number of aliphatic hydroxyl groups is 1. The molecule has 4 nitrogen and oxygen atoms in total. The van der Waals surface area contributed by atoms with Crippen molar-refractivity contribution in [3.05, 3.63) is 65.7 Å². The summed E-state index contributed by atoms with van der Waals surface area (Å²) >= 11 is 0. The van der Waals surface area contributed by atoms with Crippen LogP contribution in [0.4, 0.5) is 0 Å². The van der Waals surface area contributed by atoms with Crippen molar-refractivity contribution < 1.29 is 9.84 Å². The predicted octanol–water partition coefficient (Wildman–Crippen LogP) is 2.76. The quantitative estimate of drug-likeness (QED) is 0.841. The maximum Gasteiger partial charge on any atom is 0.118 e. The third-order valence-corrected chi connectivity index (χ3v) is 4.94. The summed E-state index contributed by atoms with van der Waals surface area (Å²) in [6.07, 6.45) is 0.825. The molecule has 25 heavy (non-hydrogen) atoms. The molecule has 2 aromatic rings. The topological polar surface area (TPSA) is 35.9 Å². The van der Waals surface area contributed by atoms with Gasteiger partial charge >= 0.3 is 0 Å². The fourth-order valence-electron chi connectivity index (χ4n) is 3.54. The molecule has 4 heteroatoms. The highest BCUT2D eigenvalue weighted by Gasteiger charge is 2.26. The van der Waals surface area contributed by atoms with Crippen molar-refractivity contribution in [3.63, 3.8) is 0 Å². The fourth-order valence-corrected chi connectivity index (χ4v) is 3.54. The molecule has 134 valence electrons. The molecule has 0 amide bonds. The summed E-state index contributed by atoms with van der Waals surface area (Å²) in [5.74, 6) is 0.898. The maximum absolute atomic E-state index is 9.48. The molecule has 1 aliphatic heterocycles. The number of methoxy groups -OCH3 is 1. The lowest BCUT2D eigenvalue weighted by atomic mass is 10.1. The number of aliphatic hydroxyl groups excluding tert-OH is 1. The van der Waals surface area contributed by atoms with Gasteiger partial charge in [0, 0.05) is 45.4 Å². The van der Waals surface area contributed by atoms with E-state index < -0.39 is 0 Å². The minimum atomic E-state index is 0.242. The molecular weight excluding hydrogens is 312 g/mol. The van der Waals surface area contributed by atoms with Crippen molar-refractivity contribution in [3.8, 4) is 5.75 Å². The Morgan fingerprint density at radius 3 is 2.36 bits per heavy atom. The molecule has 1 N–H and O–H groups in total. The van der Waals surface area contributed by atoms with Gasteiger partial charge in [-0.1, -0.05) is 42.5 Å². The van der Waals surface area contributed by atoms with Crippen molar-refractivity contribution >= 4 is 0 Å². The summed E-state index contributed by atoms with van der Waals surface area (Å²) in [5.41, 5.74) is 2.65. The molecule has 1 aliphatic rings. The van der Waals surface area contributed by atoms with Crippen LogP contribution < -0.4 is 4.74 Å². The zero-order valence-corrected chi connectivity index (χ0v) is 15.0. The van der Waals surface area contributed by atoms with Gasteiger partial charge in [0.25, 0.3) is 0 Å². The summed E-state index contributed by atoms with van der Waals surface area (Å²) in [6, 6.07) is 19.3. The van der Waals surface area contributed by atoms with E-state index in [0.717, 1.165) is 44.9 Å². The summed E-state index contributed by atoms with van der Waals surface area (Å²) in [6.45, 7) is 5.25. The number of piperazine rings is 1. The van der Waals surface area contributed by atoms with Gasteiger partial charge in [0.2, 0.25) is 0 Å². The molecule has 0 aliphatic carbocycles. The van der Waals surface area contributed by atoms with Crippen LogP contribution in [0.2, 0.25) is 0 Å². The lowest BCUT2D eigenvalue weighted by molar-refractivity contribution is 0.0500. The average molecular weight is 340 g/mol. The van der Waals surface area contributed by atoms with Crippen LogP contribution in [0, 0.1) is 0 Å². The van der Waals surface area contributed by atoms with Gasteiger partial charge < -0.3 is 9.84 Å². The SMILES string of the molecule is COc1ccc(CN2CCN(Cc3ccccc3)[C@H](CCO)C2)cc1. The molecule has 0 unspecified atom stereocenters. The van der Waals surface area contributed by atoms with E-state index in [2.05, 4.69) is 52.3 Å². The van der Waals surface area contributed by atoms with Gasteiger partial charge in [-0.25, -0.2) is 0 Å². The van der Waals surface area contributed by atoms with Crippen LogP contribution in [0.15, 0.2) is 54.6 Å². The van der Waals surface area contributed by atoms with Crippen molar-refractivity contribution in [2.24, 2.45) is 0 Å². The van der Waals surface area contributed by atoms with Crippen molar-refractivity contribution in [2.75, 3.05) is 33.4 Å². The first-order valence-electron chi connectivity index (χ1n) is 9.02.